The number of hydrogen-bond acceptors (Lipinski definition) is 9. The van der Waals surface area contributed by atoms with Crippen LogP contribution in [0.3, 0.4) is 0 Å². The number of hydrogen-bond donors (Lipinski definition) is 1. The molecule has 11 heteroatoms. The monoisotopic (exact) mass is 556 g/mol. The molecular weight excluding hydrogens is 532 g/mol. The highest BCUT2D eigenvalue weighted by Crippen LogP contribution is 2.45. The van der Waals surface area contributed by atoms with Crippen molar-refractivity contribution in [2.75, 3.05) is 25.2 Å². The topological polar surface area (TPSA) is 115 Å². The van der Waals surface area contributed by atoms with Gasteiger partial charge in [0.1, 0.15) is 10.6 Å². The summed E-state index contributed by atoms with van der Waals surface area (Å²) >= 11 is 6.92. The molecule has 0 bridgehead atoms. The van der Waals surface area contributed by atoms with E-state index < -0.39 is 23.7 Å². The fourth-order valence-corrected chi connectivity index (χ4v) is 5.25. The van der Waals surface area contributed by atoms with Gasteiger partial charge < -0.3 is 19.3 Å². The van der Waals surface area contributed by atoms with E-state index in [4.69, 9.17) is 25.8 Å². The summed E-state index contributed by atoms with van der Waals surface area (Å²) in [5.41, 5.74) is 0.978. The van der Waals surface area contributed by atoms with Crippen LogP contribution in [0, 0.1) is 6.92 Å². The third-order valence-electron chi connectivity index (χ3n) is 5.81. The second-order valence-corrected chi connectivity index (χ2v) is 9.56. The summed E-state index contributed by atoms with van der Waals surface area (Å²) in [6, 6.07) is 10.2. The number of amides is 1. The molecule has 1 atom stereocenters. The number of rotatable bonds is 8. The third kappa shape index (κ3) is 4.97. The van der Waals surface area contributed by atoms with Crippen molar-refractivity contribution >= 4 is 51.5 Å². The smallest absolute Gasteiger partial charge is 0.350 e. The van der Waals surface area contributed by atoms with Gasteiger partial charge in [-0.25, -0.2) is 9.78 Å². The molecule has 1 aromatic heterocycles. The molecule has 3 aromatic rings. The average Bonchev–Trinajstić information content (AvgIpc) is 3.41. The molecule has 0 aliphatic carbocycles. The number of methoxy groups -OCH3 is 1. The Morgan fingerprint density at radius 1 is 1.08 bits per heavy atom. The lowest BCUT2D eigenvalue weighted by molar-refractivity contribution is -0.132. The van der Waals surface area contributed by atoms with Crippen molar-refractivity contribution in [2.45, 2.75) is 26.8 Å². The maximum Gasteiger partial charge on any atom is 0.350 e. The summed E-state index contributed by atoms with van der Waals surface area (Å²) in [6.45, 7) is 6.03. The lowest BCUT2D eigenvalue weighted by Crippen LogP contribution is -2.29. The van der Waals surface area contributed by atoms with Crippen LogP contribution in [0.5, 0.6) is 11.5 Å². The zero-order valence-electron chi connectivity index (χ0n) is 21.1. The van der Waals surface area contributed by atoms with E-state index in [1.165, 1.54) is 12.0 Å². The number of Topliss-reactive ketones (excluding diaryl/α,β-unsaturated/α-hetero) is 1. The number of aryl methyl sites for hydroxylation is 1. The number of aliphatic hydroxyl groups excluding tert-OH is 1. The van der Waals surface area contributed by atoms with Crippen LogP contribution in [-0.4, -0.2) is 48.1 Å². The van der Waals surface area contributed by atoms with Crippen LogP contribution in [0.15, 0.2) is 48.0 Å². The van der Waals surface area contributed by atoms with Gasteiger partial charge in [-0.2, -0.15) is 0 Å². The summed E-state index contributed by atoms with van der Waals surface area (Å²) in [5.74, 6) is -1.88. The van der Waals surface area contributed by atoms with Crippen LogP contribution in [0.4, 0.5) is 5.13 Å². The highest BCUT2D eigenvalue weighted by molar-refractivity contribution is 7.17. The van der Waals surface area contributed by atoms with Crippen LogP contribution >= 0.6 is 22.9 Å². The maximum absolute atomic E-state index is 13.4. The van der Waals surface area contributed by atoms with E-state index >= 15 is 0 Å². The molecule has 4 rings (SSSR count). The molecule has 1 amide bonds. The molecule has 2 heterocycles. The summed E-state index contributed by atoms with van der Waals surface area (Å²) in [5, 5.41) is 11.8. The fourth-order valence-electron chi connectivity index (χ4n) is 4.11. The van der Waals surface area contributed by atoms with Crippen LogP contribution in [-0.2, 0) is 14.3 Å². The number of carbonyl (C=O) groups is 3. The van der Waals surface area contributed by atoms with Crippen molar-refractivity contribution < 1.29 is 33.7 Å². The SMILES string of the molecule is CCOc1ccc(C2/C(=C(\O)c3ccc(Cl)cc3)C(=O)C(=O)N2c2nc(C)c(C(=O)OC)s2)cc1OCC. The predicted molar refractivity (Wildman–Crippen MR) is 143 cm³/mol. The number of ether oxygens (including phenoxy) is 3. The summed E-state index contributed by atoms with van der Waals surface area (Å²) in [7, 11) is 1.24. The van der Waals surface area contributed by atoms with E-state index in [0.29, 0.717) is 46.6 Å². The molecular formula is C27H25ClN2O7S. The average molecular weight is 557 g/mol. The van der Waals surface area contributed by atoms with Gasteiger partial charge in [0.25, 0.3) is 5.78 Å². The Balaban J connectivity index is 1.95. The van der Waals surface area contributed by atoms with Crippen LogP contribution < -0.4 is 14.4 Å². The Bertz CT molecular complexity index is 1430. The first kappa shape index (κ1) is 27.2. The zero-order valence-corrected chi connectivity index (χ0v) is 22.7. The molecule has 1 aliphatic rings. The number of esters is 1. The van der Waals surface area contributed by atoms with Gasteiger partial charge in [-0.05, 0) is 62.7 Å². The lowest BCUT2D eigenvalue weighted by atomic mass is 9.95. The van der Waals surface area contributed by atoms with E-state index in [1.54, 1.807) is 49.4 Å². The molecule has 38 heavy (non-hydrogen) atoms. The minimum absolute atomic E-state index is 0.108. The molecule has 0 spiro atoms. The van der Waals surface area contributed by atoms with Gasteiger partial charge in [-0.3, -0.25) is 14.5 Å². The van der Waals surface area contributed by atoms with Gasteiger partial charge >= 0.3 is 11.9 Å². The molecule has 1 unspecified atom stereocenters. The van der Waals surface area contributed by atoms with Gasteiger partial charge in [-0.1, -0.05) is 29.0 Å². The first-order valence-corrected chi connectivity index (χ1v) is 12.9. The Morgan fingerprint density at radius 3 is 2.37 bits per heavy atom. The Labute approximate surface area is 228 Å². The largest absolute Gasteiger partial charge is 0.507 e. The number of aromatic nitrogens is 1. The van der Waals surface area contributed by atoms with Gasteiger partial charge in [0.15, 0.2) is 16.6 Å². The van der Waals surface area contributed by atoms with Gasteiger partial charge in [-0.15, -0.1) is 0 Å². The number of halogens is 1. The fraction of sp³-hybridized carbons (Fsp3) is 0.259. The van der Waals surface area contributed by atoms with Gasteiger partial charge in [0.05, 0.1) is 37.6 Å². The minimum atomic E-state index is -1.07. The van der Waals surface area contributed by atoms with Crippen molar-refractivity contribution in [3.8, 4) is 11.5 Å². The molecule has 198 valence electrons. The van der Waals surface area contributed by atoms with E-state index in [0.717, 1.165) is 11.3 Å². The number of thiazole rings is 1. The zero-order chi connectivity index (χ0) is 27.6. The van der Waals surface area contributed by atoms with E-state index in [1.807, 2.05) is 13.8 Å². The number of ketones is 1. The predicted octanol–water partition coefficient (Wildman–Crippen LogP) is 5.32. The minimum Gasteiger partial charge on any atom is -0.507 e. The van der Waals surface area contributed by atoms with Crippen LogP contribution in [0.25, 0.3) is 5.76 Å². The van der Waals surface area contributed by atoms with Gasteiger partial charge in [0.2, 0.25) is 0 Å². The van der Waals surface area contributed by atoms with Crippen LogP contribution in [0.1, 0.15) is 46.4 Å². The molecule has 1 saturated heterocycles. The quantitative estimate of drug-likeness (QED) is 0.172. The Morgan fingerprint density at radius 2 is 1.74 bits per heavy atom. The molecule has 1 fully saturated rings. The van der Waals surface area contributed by atoms with E-state index in [-0.39, 0.29) is 21.3 Å². The first-order chi connectivity index (χ1) is 18.2. The van der Waals surface area contributed by atoms with Crippen LogP contribution in [0.2, 0.25) is 5.02 Å². The highest BCUT2D eigenvalue weighted by atomic mass is 35.5. The Kier molecular flexibility index (Phi) is 8.03. The maximum atomic E-state index is 13.4. The summed E-state index contributed by atoms with van der Waals surface area (Å²) in [4.78, 5) is 44.9. The van der Waals surface area contributed by atoms with E-state index in [9.17, 15) is 19.5 Å². The van der Waals surface area contributed by atoms with Crippen molar-refractivity contribution in [1.29, 1.82) is 0 Å². The van der Waals surface area contributed by atoms with E-state index in [2.05, 4.69) is 4.98 Å². The first-order valence-electron chi connectivity index (χ1n) is 11.7. The standard InChI is InChI=1S/C27H25ClN2O7S/c1-5-36-18-12-9-16(13-19(18)37-6-2)21-20(22(31)15-7-10-17(28)11-8-15)23(32)25(33)30(21)27-29-14(3)24(38-27)26(34)35-4/h7-13,21,31H,5-6H2,1-4H3/b22-20+. The molecule has 0 radical (unpaired) electrons. The third-order valence-corrected chi connectivity index (χ3v) is 7.20. The van der Waals surface area contributed by atoms with Crippen molar-refractivity contribution in [3.63, 3.8) is 0 Å². The normalized spacial score (nSPS) is 16.6. The highest BCUT2D eigenvalue weighted by Gasteiger charge is 2.48. The number of carbonyl (C=O) groups excluding carboxylic acids is 3. The van der Waals surface area contributed by atoms with Gasteiger partial charge in [0, 0.05) is 10.6 Å². The molecule has 2 aromatic carbocycles. The second-order valence-electron chi connectivity index (χ2n) is 8.15. The lowest BCUT2D eigenvalue weighted by Gasteiger charge is -2.24. The summed E-state index contributed by atoms with van der Waals surface area (Å²) in [6.07, 6.45) is 0. The molecule has 1 aliphatic heterocycles. The molecule has 1 N–H and O–H groups in total. The molecule has 0 saturated carbocycles. The molecule has 9 nitrogen and oxygen atoms in total. The number of nitrogens with zero attached hydrogens (tertiary/aromatic N) is 2. The number of anilines is 1. The van der Waals surface area contributed by atoms with Crippen molar-refractivity contribution in [2.24, 2.45) is 0 Å². The summed E-state index contributed by atoms with van der Waals surface area (Å²) < 4.78 is 16.3. The Hall–Kier alpha value is -3.89. The number of aliphatic hydroxyl groups is 1. The second kappa shape index (κ2) is 11.2. The van der Waals surface area contributed by atoms with Crippen molar-refractivity contribution in [3.05, 3.63) is 74.8 Å². The van der Waals surface area contributed by atoms with Crippen molar-refractivity contribution in [1.82, 2.24) is 4.98 Å². The number of benzene rings is 2.